The first-order valence-electron chi connectivity index (χ1n) is 4.82. The van der Waals surface area contributed by atoms with E-state index >= 15 is 0 Å². The Labute approximate surface area is 92.0 Å². The van der Waals surface area contributed by atoms with Crippen LogP contribution in [0.25, 0.3) is 0 Å². The number of nitrogens with one attached hydrogen (secondary N) is 1. The van der Waals surface area contributed by atoms with E-state index in [9.17, 15) is 20.0 Å². The topological polar surface area (TPSA) is 92.5 Å². The molecule has 1 aromatic carbocycles. The van der Waals surface area contributed by atoms with Gasteiger partial charge in [0.25, 0.3) is 5.69 Å². The van der Waals surface area contributed by atoms with Gasteiger partial charge in [0.15, 0.2) is 0 Å². The maximum atomic E-state index is 11.2. The maximum absolute atomic E-state index is 11.2. The Balaban J connectivity index is 2.83. The van der Waals surface area contributed by atoms with Crippen molar-refractivity contribution in [3.05, 3.63) is 28.3 Å². The van der Waals surface area contributed by atoms with Gasteiger partial charge in [-0.25, -0.2) is 0 Å². The third-order valence-electron chi connectivity index (χ3n) is 1.94. The predicted octanol–water partition coefficient (Wildman–Crippen LogP) is 2.04. The average Bonchev–Trinajstić information content (AvgIpc) is 2.21. The van der Waals surface area contributed by atoms with Gasteiger partial charge in [-0.3, -0.25) is 14.9 Å². The minimum atomic E-state index is -0.614. The third-order valence-corrected chi connectivity index (χ3v) is 1.94. The van der Waals surface area contributed by atoms with Gasteiger partial charge in [-0.2, -0.15) is 0 Å². The smallest absolute Gasteiger partial charge is 0.273 e. The monoisotopic (exact) mass is 224 g/mol. The number of benzene rings is 1. The lowest BCUT2D eigenvalue weighted by molar-refractivity contribution is -0.384. The number of non-ortho nitro benzene ring substituents is 1. The van der Waals surface area contributed by atoms with Crippen molar-refractivity contribution >= 4 is 17.3 Å². The number of hydrogen-bond acceptors (Lipinski definition) is 4. The number of rotatable bonds is 4. The van der Waals surface area contributed by atoms with Crippen LogP contribution in [0, 0.1) is 10.1 Å². The molecule has 0 saturated carbocycles. The fraction of sp³-hybridized carbons (Fsp3) is 0.300. The molecule has 16 heavy (non-hydrogen) atoms. The van der Waals surface area contributed by atoms with Crippen LogP contribution in [0.15, 0.2) is 18.2 Å². The van der Waals surface area contributed by atoms with Gasteiger partial charge in [0, 0.05) is 12.5 Å². The second-order valence-corrected chi connectivity index (χ2v) is 3.26. The molecule has 0 aromatic heterocycles. The quantitative estimate of drug-likeness (QED) is 0.465. The number of amides is 1. The van der Waals surface area contributed by atoms with Crippen LogP contribution in [0.2, 0.25) is 0 Å². The molecule has 0 fully saturated rings. The van der Waals surface area contributed by atoms with E-state index in [1.807, 2.05) is 6.92 Å². The number of phenols is 1. The van der Waals surface area contributed by atoms with Crippen molar-refractivity contribution in [3.63, 3.8) is 0 Å². The van der Waals surface area contributed by atoms with E-state index < -0.39 is 4.92 Å². The number of nitro benzene ring substituents is 1. The Bertz CT molecular complexity index is 417. The summed E-state index contributed by atoms with van der Waals surface area (Å²) in [5, 5.41) is 22.3. The molecular weight excluding hydrogens is 212 g/mol. The van der Waals surface area contributed by atoms with Gasteiger partial charge in [0.2, 0.25) is 5.91 Å². The van der Waals surface area contributed by atoms with Crippen molar-refractivity contribution in [2.45, 2.75) is 19.8 Å². The molecule has 0 bridgehead atoms. The zero-order valence-corrected chi connectivity index (χ0v) is 8.77. The summed E-state index contributed by atoms with van der Waals surface area (Å²) in [6, 6.07) is 3.53. The van der Waals surface area contributed by atoms with E-state index in [-0.39, 0.29) is 23.0 Å². The fourth-order valence-electron chi connectivity index (χ4n) is 1.18. The molecule has 0 aliphatic rings. The molecular formula is C10H12N2O4. The largest absolute Gasteiger partial charge is 0.506 e. The molecule has 6 nitrogen and oxygen atoms in total. The molecule has 0 spiro atoms. The van der Waals surface area contributed by atoms with Crippen LogP contribution < -0.4 is 5.32 Å². The van der Waals surface area contributed by atoms with Crippen molar-refractivity contribution in [3.8, 4) is 5.75 Å². The molecule has 1 amide bonds. The second kappa shape index (κ2) is 5.11. The SMILES string of the molecule is CCCC(=O)Nc1ccc([N+](=O)[O-])cc1O. The number of carbonyl (C=O) groups is 1. The lowest BCUT2D eigenvalue weighted by Crippen LogP contribution is -2.10. The average molecular weight is 224 g/mol. The Hall–Kier alpha value is -2.11. The van der Waals surface area contributed by atoms with Crippen LogP contribution in [0.3, 0.4) is 0 Å². The van der Waals surface area contributed by atoms with E-state index in [4.69, 9.17) is 0 Å². The number of nitro groups is 1. The number of carbonyl (C=O) groups excluding carboxylic acids is 1. The predicted molar refractivity (Wildman–Crippen MR) is 58.3 cm³/mol. The first-order chi connectivity index (χ1) is 7.54. The number of hydrogen-bond donors (Lipinski definition) is 2. The Morgan fingerprint density at radius 1 is 1.56 bits per heavy atom. The maximum Gasteiger partial charge on any atom is 0.273 e. The highest BCUT2D eigenvalue weighted by molar-refractivity contribution is 5.92. The summed E-state index contributed by atoms with van der Waals surface area (Å²) in [4.78, 5) is 21.0. The highest BCUT2D eigenvalue weighted by Crippen LogP contribution is 2.27. The van der Waals surface area contributed by atoms with Crippen molar-refractivity contribution in [1.82, 2.24) is 0 Å². The second-order valence-electron chi connectivity index (χ2n) is 3.26. The van der Waals surface area contributed by atoms with Gasteiger partial charge >= 0.3 is 0 Å². The molecule has 1 rings (SSSR count). The van der Waals surface area contributed by atoms with Crippen LogP contribution in [0.5, 0.6) is 5.75 Å². The van der Waals surface area contributed by atoms with Gasteiger partial charge in [0.05, 0.1) is 16.7 Å². The molecule has 86 valence electrons. The molecule has 0 unspecified atom stereocenters. The molecule has 2 N–H and O–H groups in total. The molecule has 0 aliphatic carbocycles. The van der Waals surface area contributed by atoms with Crippen LogP contribution in [0.4, 0.5) is 11.4 Å². The van der Waals surface area contributed by atoms with E-state index in [2.05, 4.69) is 5.32 Å². The van der Waals surface area contributed by atoms with Gasteiger partial charge in [-0.05, 0) is 12.5 Å². The number of phenolic OH excluding ortho intramolecular Hbond substituents is 1. The molecule has 0 radical (unpaired) electrons. The lowest BCUT2D eigenvalue weighted by atomic mass is 10.2. The Morgan fingerprint density at radius 2 is 2.25 bits per heavy atom. The van der Waals surface area contributed by atoms with Gasteiger partial charge in [0.1, 0.15) is 5.75 Å². The van der Waals surface area contributed by atoms with Crippen LogP contribution >= 0.6 is 0 Å². The summed E-state index contributed by atoms with van der Waals surface area (Å²) in [6.07, 6.45) is 1.04. The normalized spacial score (nSPS) is 9.81. The molecule has 0 atom stereocenters. The fourth-order valence-corrected chi connectivity index (χ4v) is 1.18. The molecule has 0 heterocycles. The van der Waals surface area contributed by atoms with Crippen molar-refractivity contribution in [1.29, 1.82) is 0 Å². The highest BCUT2D eigenvalue weighted by Gasteiger charge is 2.11. The van der Waals surface area contributed by atoms with Gasteiger partial charge < -0.3 is 10.4 Å². The van der Waals surface area contributed by atoms with E-state index in [1.54, 1.807) is 0 Å². The lowest BCUT2D eigenvalue weighted by Gasteiger charge is -2.05. The molecule has 0 saturated heterocycles. The van der Waals surface area contributed by atoms with Crippen LogP contribution in [-0.2, 0) is 4.79 Å². The highest BCUT2D eigenvalue weighted by atomic mass is 16.6. The van der Waals surface area contributed by atoms with Crippen molar-refractivity contribution < 1.29 is 14.8 Å². The number of anilines is 1. The first-order valence-corrected chi connectivity index (χ1v) is 4.82. The summed E-state index contributed by atoms with van der Waals surface area (Å²) in [6.45, 7) is 1.86. The van der Waals surface area contributed by atoms with Gasteiger partial charge in [-0.1, -0.05) is 6.92 Å². The number of nitrogens with zero attached hydrogens (tertiary/aromatic N) is 1. The first kappa shape index (κ1) is 12.0. The Kier molecular flexibility index (Phi) is 3.82. The minimum Gasteiger partial charge on any atom is -0.506 e. The molecule has 6 heteroatoms. The summed E-state index contributed by atoms with van der Waals surface area (Å²) >= 11 is 0. The van der Waals surface area contributed by atoms with Crippen molar-refractivity contribution in [2.24, 2.45) is 0 Å². The Morgan fingerprint density at radius 3 is 2.75 bits per heavy atom. The minimum absolute atomic E-state index is 0.184. The standard InChI is InChI=1S/C10H12N2O4/c1-2-3-10(14)11-8-5-4-7(12(15)16)6-9(8)13/h4-6,13H,2-3H2,1H3,(H,11,14). The summed E-state index contributed by atoms with van der Waals surface area (Å²) in [7, 11) is 0. The zero-order valence-electron chi connectivity index (χ0n) is 8.77. The van der Waals surface area contributed by atoms with E-state index in [1.165, 1.54) is 12.1 Å². The van der Waals surface area contributed by atoms with Crippen LogP contribution in [0.1, 0.15) is 19.8 Å². The summed E-state index contributed by atoms with van der Waals surface area (Å²) in [5.41, 5.74) is -0.0324. The van der Waals surface area contributed by atoms with Crippen LogP contribution in [-0.4, -0.2) is 15.9 Å². The molecule has 0 aliphatic heterocycles. The number of aromatic hydroxyl groups is 1. The van der Waals surface area contributed by atoms with E-state index in [0.717, 1.165) is 6.07 Å². The zero-order chi connectivity index (χ0) is 12.1. The van der Waals surface area contributed by atoms with Gasteiger partial charge in [-0.15, -0.1) is 0 Å². The third kappa shape index (κ3) is 2.94. The molecule has 1 aromatic rings. The van der Waals surface area contributed by atoms with Crippen molar-refractivity contribution in [2.75, 3.05) is 5.32 Å². The summed E-state index contributed by atoms with van der Waals surface area (Å²) in [5.74, 6) is -0.537. The summed E-state index contributed by atoms with van der Waals surface area (Å²) < 4.78 is 0. The van der Waals surface area contributed by atoms with E-state index in [0.29, 0.717) is 12.8 Å².